The molecule has 92 valence electrons. The summed E-state index contributed by atoms with van der Waals surface area (Å²) < 4.78 is 5.77. The summed E-state index contributed by atoms with van der Waals surface area (Å²) in [6.45, 7) is 2.53. The molecule has 2 N–H and O–H groups in total. The van der Waals surface area contributed by atoms with Crippen molar-refractivity contribution in [3.8, 4) is 5.75 Å². The fraction of sp³-hybridized carbons (Fsp3) is 0.500. The normalized spacial score (nSPS) is 22.9. The lowest BCUT2D eigenvalue weighted by Gasteiger charge is -2.34. The zero-order valence-electron chi connectivity index (χ0n) is 9.76. The van der Waals surface area contributed by atoms with Gasteiger partial charge in [0.15, 0.2) is 0 Å². The van der Waals surface area contributed by atoms with Crippen molar-refractivity contribution in [2.24, 2.45) is 11.7 Å². The number of nitro benzene ring substituents is 1. The van der Waals surface area contributed by atoms with E-state index in [1.807, 2.05) is 6.92 Å². The highest BCUT2D eigenvalue weighted by Gasteiger charge is 2.29. The third-order valence-electron chi connectivity index (χ3n) is 3.19. The molecule has 0 amide bonds. The minimum atomic E-state index is -0.398. The second-order valence-electron chi connectivity index (χ2n) is 4.52. The van der Waals surface area contributed by atoms with Crippen LogP contribution in [0.4, 0.5) is 5.69 Å². The molecule has 1 aromatic carbocycles. The van der Waals surface area contributed by atoms with Crippen LogP contribution in [0.25, 0.3) is 0 Å². The molecule has 1 aromatic rings. The predicted molar refractivity (Wildman–Crippen MR) is 64.0 cm³/mol. The van der Waals surface area contributed by atoms with E-state index in [1.54, 1.807) is 6.07 Å². The largest absolute Gasteiger partial charge is 0.490 e. The van der Waals surface area contributed by atoms with E-state index in [9.17, 15) is 10.1 Å². The van der Waals surface area contributed by atoms with Gasteiger partial charge in [0.05, 0.1) is 11.0 Å². The number of aryl methyl sites for hydroxylation is 1. The van der Waals surface area contributed by atoms with Crippen molar-refractivity contribution in [1.82, 2.24) is 0 Å². The van der Waals surface area contributed by atoms with Crippen molar-refractivity contribution >= 4 is 5.69 Å². The molecule has 17 heavy (non-hydrogen) atoms. The van der Waals surface area contributed by atoms with Gasteiger partial charge in [-0.25, -0.2) is 0 Å². The van der Waals surface area contributed by atoms with E-state index in [1.165, 1.54) is 12.1 Å². The van der Waals surface area contributed by atoms with Crippen LogP contribution in [0.3, 0.4) is 0 Å². The first-order valence-corrected chi connectivity index (χ1v) is 5.72. The molecule has 0 heterocycles. The van der Waals surface area contributed by atoms with E-state index in [4.69, 9.17) is 10.5 Å². The van der Waals surface area contributed by atoms with Crippen LogP contribution in [0, 0.1) is 23.0 Å². The molecule has 2 rings (SSSR count). The van der Waals surface area contributed by atoms with Crippen molar-refractivity contribution in [3.63, 3.8) is 0 Å². The van der Waals surface area contributed by atoms with Gasteiger partial charge >= 0.3 is 0 Å². The minimum absolute atomic E-state index is 0.100. The summed E-state index contributed by atoms with van der Waals surface area (Å²) in [6.07, 6.45) is 2.17. The Hall–Kier alpha value is -1.62. The molecular weight excluding hydrogens is 220 g/mol. The molecule has 0 bridgehead atoms. The Labute approximate surface area is 99.7 Å². The lowest BCUT2D eigenvalue weighted by atomic mass is 9.82. The summed E-state index contributed by atoms with van der Waals surface area (Å²) in [6, 6.07) is 4.68. The zero-order chi connectivity index (χ0) is 12.4. The Kier molecular flexibility index (Phi) is 3.28. The maximum Gasteiger partial charge on any atom is 0.269 e. The van der Waals surface area contributed by atoms with Crippen LogP contribution < -0.4 is 10.5 Å². The quantitative estimate of drug-likeness (QED) is 0.640. The SMILES string of the molecule is Cc1cc([N+](=O)[O-])ccc1OC1CC(CN)C1. The van der Waals surface area contributed by atoms with Gasteiger partial charge in [-0.15, -0.1) is 0 Å². The van der Waals surface area contributed by atoms with E-state index in [0.717, 1.165) is 24.2 Å². The Morgan fingerprint density at radius 3 is 2.76 bits per heavy atom. The Bertz CT molecular complexity index is 428. The van der Waals surface area contributed by atoms with Gasteiger partial charge in [0.1, 0.15) is 5.75 Å². The highest BCUT2D eigenvalue weighted by molar-refractivity contribution is 5.43. The van der Waals surface area contributed by atoms with Crippen molar-refractivity contribution in [1.29, 1.82) is 0 Å². The second kappa shape index (κ2) is 4.71. The van der Waals surface area contributed by atoms with Gasteiger partial charge in [-0.05, 0) is 43.9 Å². The van der Waals surface area contributed by atoms with Gasteiger partial charge < -0.3 is 10.5 Å². The van der Waals surface area contributed by atoms with Crippen molar-refractivity contribution in [2.45, 2.75) is 25.9 Å². The smallest absolute Gasteiger partial charge is 0.269 e. The molecule has 0 saturated heterocycles. The van der Waals surface area contributed by atoms with Crippen LogP contribution in [0.15, 0.2) is 18.2 Å². The molecule has 0 spiro atoms. The average molecular weight is 236 g/mol. The van der Waals surface area contributed by atoms with Gasteiger partial charge in [-0.3, -0.25) is 10.1 Å². The van der Waals surface area contributed by atoms with Gasteiger partial charge in [0, 0.05) is 12.1 Å². The Balaban J connectivity index is 2.00. The number of nitro groups is 1. The standard InChI is InChI=1S/C12H16N2O3/c1-8-4-10(14(15)16)2-3-12(8)17-11-5-9(6-11)7-13/h2-4,9,11H,5-7,13H2,1H3. The fourth-order valence-electron chi connectivity index (χ4n) is 2.02. The molecule has 0 atom stereocenters. The van der Waals surface area contributed by atoms with Gasteiger partial charge in [0.2, 0.25) is 0 Å². The zero-order valence-corrected chi connectivity index (χ0v) is 9.76. The third kappa shape index (κ3) is 2.55. The number of nitrogens with zero attached hydrogens (tertiary/aromatic N) is 1. The van der Waals surface area contributed by atoms with Crippen molar-refractivity contribution < 1.29 is 9.66 Å². The first-order valence-electron chi connectivity index (χ1n) is 5.72. The minimum Gasteiger partial charge on any atom is -0.490 e. The number of hydrogen-bond acceptors (Lipinski definition) is 4. The Morgan fingerprint density at radius 2 is 2.24 bits per heavy atom. The van der Waals surface area contributed by atoms with Crippen LogP contribution in [0.2, 0.25) is 0 Å². The van der Waals surface area contributed by atoms with Gasteiger partial charge in [-0.1, -0.05) is 0 Å². The molecule has 0 aromatic heterocycles. The monoisotopic (exact) mass is 236 g/mol. The molecule has 0 aliphatic heterocycles. The number of nitrogens with two attached hydrogens (primary N) is 1. The van der Waals surface area contributed by atoms with E-state index >= 15 is 0 Å². The van der Waals surface area contributed by atoms with E-state index in [0.29, 0.717) is 12.5 Å². The van der Waals surface area contributed by atoms with Gasteiger partial charge in [-0.2, -0.15) is 0 Å². The molecule has 0 unspecified atom stereocenters. The summed E-state index contributed by atoms with van der Waals surface area (Å²) in [4.78, 5) is 10.2. The highest BCUT2D eigenvalue weighted by atomic mass is 16.6. The average Bonchev–Trinajstić information content (AvgIpc) is 2.24. The van der Waals surface area contributed by atoms with Crippen molar-refractivity contribution in [2.75, 3.05) is 6.54 Å². The summed E-state index contributed by atoms with van der Waals surface area (Å²) in [5.41, 5.74) is 6.44. The molecule has 0 radical (unpaired) electrons. The number of non-ortho nitro benzene ring substituents is 1. The predicted octanol–water partition coefficient (Wildman–Crippen LogP) is 2.02. The van der Waals surface area contributed by atoms with E-state index < -0.39 is 4.92 Å². The van der Waals surface area contributed by atoms with E-state index in [2.05, 4.69) is 0 Å². The van der Waals surface area contributed by atoms with Crippen LogP contribution in [0.1, 0.15) is 18.4 Å². The Morgan fingerprint density at radius 1 is 1.53 bits per heavy atom. The van der Waals surface area contributed by atoms with Crippen LogP contribution in [-0.4, -0.2) is 17.6 Å². The van der Waals surface area contributed by atoms with Crippen molar-refractivity contribution in [3.05, 3.63) is 33.9 Å². The maximum absolute atomic E-state index is 10.6. The first kappa shape index (κ1) is 11.9. The summed E-state index contributed by atoms with van der Waals surface area (Å²) in [7, 11) is 0. The van der Waals surface area contributed by atoms with Crippen LogP contribution in [0.5, 0.6) is 5.75 Å². The number of hydrogen-bond donors (Lipinski definition) is 1. The summed E-state index contributed by atoms with van der Waals surface area (Å²) in [5.74, 6) is 1.30. The fourth-order valence-corrected chi connectivity index (χ4v) is 2.02. The molecule has 1 saturated carbocycles. The molecule has 5 nitrogen and oxygen atoms in total. The number of rotatable bonds is 4. The summed E-state index contributed by atoms with van der Waals surface area (Å²) >= 11 is 0. The van der Waals surface area contributed by atoms with Crippen LogP contribution >= 0.6 is 0 Å². The molecular formula is C12H16N2O3. The maximum atomic E-state index is 10.6. The molecule has 1 fully saturated rings. The highest BCUT2D eigenvalue weighted by Crippen LogP contribution is 2.32. The third-order valence-corrected chi connectivity index (χ3v) is 3.19. The first-order chi connectivity index (χ1) is 8.10. The topological polar surface area (TPSA) is 78.4 Å². The molecule has 1 aliphatic rings. The van der Waals surface area contributed by atoms with E-state index in [-0.39, 0.29) is 11.8 Å². The lowest BCUT2D eigenvalue weighted by molar-refractivity contribution is -0.384. The molecule has 5 heteroatoms. The lowest BCUT2D eigenvalue weighted by Crippen LogP contribution is -2.37. The molecule has 1 aliphatic carbocycles. The number of ether oxygens (including phenoxy) is 1. The second-order valence-corrected chi connectivity index (χ2v) is 4.52. The number of benzene rings is 1. The van der Waals surface area contributed by atoms with Gasteiger partial charge in [0.25, 0.3) is 5.69 Å². The van der Waals surface area contributed by atoms with Crippen LogP contribution in [-0.2, 0) is 0 Å². The summed E-state index contributed by atoms with van der Waals surface area (Å²) in [5, 5.41) is 10.6.